The van der Waals surface area contributed by atoms with Crippen LogP contribution in [0.5, 0.6) is 0 Å². The number of urea groups is 1. The highest BCUT2D eigenvalue weighted by Crippen LogP contribution is 2.19. The molecule has 0 spiro atoms. The van der Waals surface area contributed by atoms with Crippen molar-refractivity contribution in [3.63, 3.8) is 0 Å². The van der Waals surface area contributed by atoms with Crippen molar-refractivity contribution < 1.29 is 23.9 Å². The van der Waals surface area contributed by atoms with Gasteiger partial charge in [0.25, 0.3) is 0 Å². The average molecular weight is 318 g/mol. The van der Waals surface area contributed by atoms with E-state index in [0.717, 1.165) is 6.07 Å². The summed E-state index contributed by atoms with van der Waals surface area (Å²) in [4.78, 5) is 33.2. The molecule has 5 N–H and O–H groups in total. The summed E-state index contributed by atoms with van der Waals surface area (Å²) in [5.41, 5.74) is 4.71. The second-order valence-electron chi connectivity index (χ2n) is 4.12. The molecule has 114 valence electrons. The normalized spacial score (nSPS) is 11.5. The van der Waals surface area contributed by atoms with Crippen LogP contribution in [0.3, 0.4) is 0 Å². The fourth-order valence-corrected chi connectivity index (χ4v) is 1.63. The van der Waals surface area contributed by atoms with Crippen LogP contribution >= 0.6 is 11.6 Å². The van der Waals surface area contributed by atoms with E-state index in [9.17, 15) is 18.8 Å². The first-order valence-electron chi connectivity index (χ1n) is 5.83. The Bertz CT molecular complexity index is 567. The van der Waals surface area contributed by atoms with Gasteiger partial charge in [-0.2, -0.15) is 0 Å². The Morgan fingerprint density at radius 2 is 2.05 bits per heavy atom. The van der Waals surface area contributed by atoms with E-state index in [2.05, 4.69) is 10.6 Å². The zero-order valence-corrected chi connectivity index (χ0v) is 11.5. The maximum atomic E-state index is 13.4. The molecule has 0 heterocycles. The summed E-state index contributed by atoms with van der Waals surface area (Å²) in [6.45, 7) is 0. The number of nitrogens with two attached hydrogens (primary N) is 1. The van der Waals surface area contributed by atoms with Crippen LogP contribution < -0.4 is 16.4 Å². The molecular weight excluding hydrogens is 305 g/mol. The van der Waals surface area contributed by atoms with E-state index in [4.69, 9.17) is 22.4 Å². The van der Waals surface area contributed by atoms with Crippen molar-refractivity contribution in [1.29, 1.82) is 0 Å². The van der Waals surface area contributed by atoms with Gasteiger partial charge in [-0.05, 0) is 24.6 Å². The molecule has 21 heavy (non-hydrogen) atoms. The molecule has 0 radical (unpaired) electrons. The van der Waals surface area contributed by atoms with Crippen LogP contribution in [0.1, 0.15) is 12.8 Å². The molecule has 1 aromatic carbocycles. The van der Waals surface area contributed by atoms with E-state index in [1.807, 2.05) is 0 Å². The maximum absolute atomic E-state index is 13.4. The van der Waals surface area contributed by atoms with E-state index in [0.29, 0.717) is 0 Å². The molecule has 7 nitrogen and oxygen atoms in total. The first kappa shape index (κ1) is 16.7. The number of hydrogen-bond donors (Lipinski definition) is 4. The predicted molar refractivity (Wildman–Crippen MR) is 73.4 cm³/mol. The minimum atomic E-state index is -1.34. The number of carbonyl (C=O) groups excluding carboxylic acids is 2. The predicted octanol–water partition coefficient (Wildman–Crippen LogP) is 1.32. The molecule has 3 amide bonds. The standard InChI is InChI=1S/C12H13ClFN3O4/c13-6-1-2-7(14)9(5-6)17-12(21)16-8(11(19)20)3-4-10(15)18/h1-2,5,8H,3-4H2,(H2,15,18)(H,19,20)(H2,16,17,21)/t8-/m0/s1. The topological polar surface area (TPSA) is 122 Å². The van der Waals surface area contributed by atoms with Crippen molar-refractivity contribution in [1.82, 2.24) is 5.32 Å². The first-order chi connectivity index (χ1) is 9.79. The number of benzene rings is 1. The van der Waals surface area contributed by atoms with E-state index < -0.39 is 29.8 Å². The van der Waals surface area contributed by atoms with Gasteiger partial charge in [-0.15, -0.1) is 0 Å². The largest absolute Gasteiger partial charge is 0.480 e. The summed E-state index contributed by atoms with van der Waals surface area (Å²) < 4.78 is 13.4. The number of aliphatic carboxylic acids is 1. The van der Waals surface area contributed by atoms with Crippen LogP contribution in [0.4, 0.5) is 14.9 Å². The molecule has 0 saturated carbocycles. The molecule has 0 aliphatic carbocycles. The van der Waals surface area contributed by atoms with Gasteiger partial charge >= 0.3 is 12.0 Å². The van der Waals surface area contributed by atoms with Crippen molar-refractivity contribution in [3.8, 4) is 0 Å². The van der Waals surface area contributed by atoms with Crippen molar-refractivity contribution in [3.05, 3.63) is 29.0 Å². The number of carbonyl (C=O) groups is 3. The molecule has 1 atom stereocenters. The van der Waals surface area contributed by atoms with Crippen LogP contribution in [0.2, 0.25) is 5.02 Å². The van der Waals surface area contributed by atoms with Crippen LogP contribution in [-0.2, 0) is 9.59 Å². The Labute approximate surface area is 124 Å². The van der Waals surface area contributed by atoms with Gasteiger partial charge in [0, 0.05) is 11.4 Å². The highest BCUT2D eigenvalue weighted by atomic mass is 35.5. The van der Waals surface area contributed by atoms with Crippen molar-refractivity contribution in [2.45, 2.75) is 18.9 Å². The number of halogens is 2. The molecule has 0 aromatic heterocycles. The Morgan fingerprint density at radius 3 is 2.62 bits per heavy atom. The third-order valence-corrected chi connectivity index (χ3v) is 2.69. The van der Waals surface area contributed by atoms with Gasteiger partial charge in [0.2, 0.25) is 5.91 Å². The lowest BCUT2D eigenvalue weighted by Gasteiger charge is -2.14. The number of primary amides is 1. The number of amides is 3. The van der Waals surface area contributed by atoms with Gasteiger partial charge in [-0.3, -0.25) is 4.79 Å². The van der Waals surface area contributed by atoms with Crippen LogP contribution in [0.25, 0.3) is 0 Å². The number of hydrogen-bond acceptors (Lipinski definition) is 3. The SMILES string of the molecule is NC(=O)CC[C@H](NC(=O)Nc1cc(Cl)ccc1F)C(=O)O. The lowest BCUT2D eigenvalue weighted by molar-refractivity contribution is -0.139. The second-order valence-corrected chi connectivity index (χ2v) is 4.55. The minimum Gasteiger partial charge on any atom is -0.480 e. The van der Waals surface area contributed by atoms with E-state index >= 15 is 0 Å². The number of nitrogens with one attached hydrogen (secondary N) is 2. The lowest BCUT2D eigenvalue weighted by Crippen LogP contribution is -2.43. The Hall–Kier alpha value is -2.35. The van der Waals surface area contributed by atoms with E-state index in [1.165, 1.54) is 12.1 Å². The van der Waals surface area contributed by atoms with E-state index in [-0.39, 0.29) is 23.6 Å². The molecule has 0 saturated heterocycles. The minimum absolute atomic E-state index is 0.171. The summed E-state index contributed by atoms with van der Waals surface area (Å²) in [6.07, 6.45) is -0.376. The highest BCUT2D eigenvalue weighted by Gasteiger charge is 2.21. The number of anilines is 1. The van der Waals surface area contributed by atoms with Crippen LogP contribution in [-0.4, -0.2) is 29.1 Å². The van der Waals surface area contributed by atoms with Gasteiger partial charge < -0.3 is 21.5 Å². The molecule has 1 aromatic rings. The molecular formula is C12H13ClFN3O4. The zero-order chi connectivity index (χ0) is 16.0. The summed E-state index contributed by atoms with van der Waals surface area (Å²) in [6, 6.07) is 1.27. The molecule has 0 fully saturated rings. The maximum Gasteiger partial charge on any atom is 0.326 e. The molecule has 0 aliphatic rings. The van der Waals surface area contributed by atoms with Gasteiger partial charge in [-0.1, -0.05) is 11.6 Å². The number of rotatable bonds is 6. The fourth-order valence-electron chi connectivity index (χ4n) is 1.45. The summed E-state index contributed by atoms with van der Waals surface area (Å²) in [5, 5.41) is 13.3. The van der Waals surface area contributed by atoms with Crippen LogP contribution in [0, 0.1) is 5.82 Å². The summed E-state index contributed by atoms with van der Waals surface area (Å²) >= 11 is 5.66. The molecule has 0 aliphatic heterocycles. The van der Waals surface area contributed by atoms with Crippen molar-refractivity contribution in [2.75, 3.05) is 5.32 Å². The monoisotopic (exact) mass is 317 g/mol. The van der Waals surface area contributed by atoms with Gasteiger partial charge in [0.1, 0.15) is 11.9 Å². The summed E-state index contributed by atoms with van der Waals surface area (Å²) in [7, 11) is 0. The third-order valence-electron chi connectivity index (χ3n) is 2.46. The number of carboxylic acids is 1. The molecule has 1 rings (SSSR count). The Morgan fingerprint density at radius 1 is 1.38 bits per heavy atom. The van der Waals surface area contributed by atoms with Gasteiger partial charge in [0.05, 0.1) is 5.69 Å². The highest BCUT2D eigenvalue weighted by molar-refractivity contribution is 6.30. The quantitative estimate of drug-likeness (QED) is 0.632. The smallest absolute Gasteiger partial charge is 0.326 e. The first-order valence-corrected chi connectivity index (χ1v) is 6.21. The van der Waals surface area contributed by atoms with Gasteiger partial charge in [0.15, 0.2) is 0 Å². The third kappa shape index (κ3) is 5.65. The van der Waals surface area contributed by atoms with Crippen molar-refractivity contribution >= 4 is 35.2 Å². The van der Waals surface area contributed by atoms with Gasteiger partial charge in [-0.25, -0.2) is 14.0 Å². The Kier molecular flexibility index (Phi) is 5.92. The second kappa shape index (κ2) is 7.44. The fraction of sp³-hybridized carbons (Fsp3) is 0.250. The molecule has 0 unspecified atom stereocenters. The summed E-state index contributed by atoms with van der Waals surface area (Å²) in [5.74, 6) is -2.75. The Balaban J connectivity index is 2.67. The van der Waals surface area contributed by atoms with E-state index in [1.54, 1.807) is 0 Å². The zero-order valence-electron chi connectivity index (χ0n) is 10.7. The van der Waals surface area contributed by atoms with Crippen molar-refractivity contribution in [2.24, 2.45) is 5.73 Å². The molecule has 0 bridgehead atoms. The number of carboxylic acid groups (broad SMARTS) is 1. The van der Waals surface area contributed by atoms with Crippen LogP contribution in [0.15, 0.2) is 18.2 Å². The lowest BCUT2D eigenvalue weighted by atomic mass is 10.1. The average Bonchev–Trinajstić information content (AvgIpc) is 2.38. The molecule has 9 heteroatoms.